The normalized spacial score (nSPS) is 20.8. The van der Waals surface area contributed by atoms with Gasteiger partial charge in [0.1, 0.15) is 11.6 Å². The van der Waals surface area contributed by atoms with Gasteiger partial charge >= 0.3 is 5.69 Å². The van der Waals surface area contributed by atoms with Crippen molar-refractivity contribution in [3.63, 3.8) is 0 Å². The van der Waals surface area contributed by atoms with E-state index in [1.807, 2.05) is 23.3 Å². The van der Waals surface area contributed by atoms with E-state index in [1.54, 1.807) is 7.05 Å². The highest BCUT2D eigenvalue weighted by Crippen LogP contribution is 2.33. The van der Waals surface area contributed by atoms with Crippen LogP contribution in [0.3, 0.4) is 0 Å². The maximum atomic E-state index is 12.9. The number of rotatable bonds is 4. The first-order valence-electron chi connectivity index (χ1n) is 10.3. The van der Waals surface area contributed by atoms with Crippen LogP contribution in [0.25, 0.3) is 0 Å². The molecular weight excluding hydrogens is 358 g/mol. The van der Waals surface area contributed by atoms with Crippen LogP contribution in [0.15, 0.2) is 9.32 Å². The van der Waals surface area contributed by atoms with Gasteiger partial charge in [-0.25, -0.2) is 9.48 Å². The van der Waals surface area contributed by atoms with Gasteiger partial charge in [-0.2, -0.15) is 5.10 Å². The van der Waals surface area contributed by atoms with E-state index in [9.17, 15) is 9.59 Å². The molecule has 8 nitrogen and oxygen atoms in total. The lowest BCUT2D eigenvalue weighted by atomic mass is 9.96. The number of hydrogen-bond donors (Lipinski definition) is 0. The Kier molecular flexibility index (Phi) is 5.12. The molecule has 28 heavy (non-hydrogen) atoms. The SMILES string of the molecule is Cc1noc(C)c1CC(=O)N1CCCC(c2nn(C)c(=O)n2C2CCCC2)C1. The average molecular weight is 387 g/mol. The number of carbonyl (C=O) groups excluding carboxylic acids is 1. The molecule has 0 bridgehead atoms. The second kappa shape index (κ2) is 7.56. The van der Waals surface area contributed by atoms with Crippen LogP contribution < -0.4 is 5.69 Å². The monoisotopic (exact) mass is 387 g/mol. The van der Waals surface area contributed by atoms with Crippen LogP contribution >= 0.6 is 0 Å². The fourth-order valence-corrected chi connectivity index (χ4v) is 4.71. The summed E-state index contributed by atoms with van der Waals surface area (Å²) in [5.41, 5.74) is 1.63. The lowest BCUT2D eigenvalue weighted by Crippen LogP contribution is -2.41. The molecule has 1 aliphatic heterocycles. The fraction of sp³-hybridized carbons (Fsp3) is 0.700. The van der Waals surface area contributed by atoms with E-state index >= 15 is 0 Å². The number of aryl methyl sites for hydroxylation is 3. The standard InChI is InChI=1S/C20H29N5O3/c1-13-17(14(2)28-22-13)11-18(26)24-10-6-7-15(12-24)19-21-23(3)20(27)25(19)16-8-4-5-9-16/h15-16H,4-12H2,1-3H3. The summed E-state index contributed by atoms with van der Waals surface area (Å²) in [5.74, 6) is 1.76. The Morgan fingerprint density at radius 3 is 2.61 bits per heavy atom. The number of hydrogen-bond acceptors (Lipinski definition) is 5. The molecule has 1 saturated heterocycles. The Hall–Kier alpha value is -2.38. The van der Waals surface area contributed by atoms with Crippen LogP contribution in [-0.2, 0) is 18.3 Å². The first kappa shape index (κ1) is 19.0. The lowest BCUT2D eigenvalue weighted by Gasteiger charge is -2.33. The van der Waals surface area contributed by atoms with E-state index in [2.05, 4.69) is 10.3 Å². The third kappa shape index (κ3) is 3.40. The maximum absolute atomic E-state index is 12.9. The highest BCUT2D eigenvalue weighted by Gasteiger charge is 2.32. The molecular formula is C20H29N5O3. The molecule has 8 heteroatoms. The Morgan fingerprint density at radius 2 is 1.93 bits per heavy atom. The van der Waals surface area contributed by atoms with Gasteiger partial charge in [0.05, 0.1) is 12.1 Å². The molecule has 2 aromatic rings. The highest BCUT2D eigenvalue weighted by molar-refractivity contribution is 5.79. The van der Waals surface area contributed by atoms with Gasteiger partial charge in [-0.15, -0.1) is 0 Å². The zero-order chi connectivity index (χ0) is 19.8. The van der Waals surface area contributed by atoms with Crippen LogP contribution in [0.4, 0.5) is 0 Å². The summed E-state index contributed by atoms with van der Waals surface area (Å²) in [4.78, 5) is 27.5. The first-order chi connectivity index (χ1) is 13.5. The maximum Gasteiger partial charge on any atom is 0.345 e. The van der Waals surface area contributed by atoms with Crippen LogP contribution in [0.1, 0.15) is 73.3 Å². The van der Waals surface area contributed by atoms with Gasteiger partial charge < -0.3 is 9.42 Å². The Morgan fingerprint density at radius 1 is 1.18 bits per heavy atom. The van der Waals surface area contributed by atoms with Gasteiger partial charge in [0.15, 0.2) is 0 Å². The summed E-state index contributed by atoms with van der Waals surface area (Å²) in [6, 6.07) is 0.254. The molecule has 1 unspecified atom stereocenters. The van der Waals surface area contributed by atoms with Gasteiger partial charge in [0.2, 0.25) is 5.91 Å². The van der Waals surface area contributed by atoms with Crippen molar-refractivity contribution in [2.75, 3.05) is 13.1 Å². The van der Waals surface area contributed by atoms with Gasteiger partial charge in [0.25, 0.3) is 0 Å². The number of piperidine rings is 1. The minimum absolute atomic E-state index is 0.0268. The number of amides is 1. The molecule has 0 N–H and O–H groups in total. The minimum atomic E-state index is -0.0268. The number of likely N-dealkylation sites (tertiary alicyclic amines) is 1. The largest absolute Gasteiger partial charge is 0.361 e. The minimum Gasteiger partial charge on any atom is -0.361 e. The molecule has 0 aromatic carbocycles. The topological polar surface area (TPSA) is 86.2 Å². The summed E-state index contributed by atoms with van der Waals surface area (Å²) in [7, 11) is 1.72. The first-order valence-corrected chi connectivity index (χ1v) is 10.3. The predicted octanol–water partition coefficient (Wildman–Crippen LogP) is 2.25. The number of carbonyl (C=O) groups is 1. The molecule has 1 atom stereocenters. The molecule has 3 heterocycles. The zero-order valence-corrected chi connectivity index (χ0v) is 17.0. The molecule has 2 aliphatic rings. The molecule has 0 radical (unpaired) electrons. The molecule has 1 saturated carbocycles. The predicted molar refractivity (Wildman–Crippen MR) is 103 cm³/mol. The number of aromatic nitrogens is 4. The summed E-state index contributed by atoms with van der Waals surface area (Å²) < 4.78 is 8.56. The van der Waals surface area contributed by atoms with E-state index in [0.29, 0.717) is 18.7 Å². The summed E-state index contributed by atoms with van der Waals surface area (Å²) in [6.45, 7) is 5.08. The molecule has 1 aliphatic carbocycles. The molecule has 2 aromatic heterocycles. The zero-order valence-electron chi connectivity index (χ0n) is 17.0. The van der Waals surface area contributed by atoms with Crippen molar-refractivity contribution in [1.82, 2.24) is 24.4 Å². The quantitative estimate of drug-likeness (QED) is 0.803. The van der Waals surface area contributed by atoms with Crippen LogP contribution in [0, 0.1) is 13.8 Å². The third-order valence-corrected chi connectivity index (χ3v) is 6.32. The summed E-state index contributed by atoms with van der Waals surface area (Å²) >= 11 is 0. The average Bonchev–Trinajstić information content (AvgIpc) is 3.39. The molecule has 0 spiro atoms. The molecule has 2 fully saturated rings. The van der Waals surface area contributed by atoms with Crippen molar-refractivity contribution in [3.8, 4) is 0 Å². The van der Waals surface area contributed by atoms with Crippen molar-refractivity contribution < 1.29 is 9.32 Å². The van der Waals surface area contributed by atoms with Crippen LogP contribution in [0.2, 0.25) is 0 Å². The van der Waals surface area contributed by atoms with Gasteiger partial charge in [-0.05, 0) is 39.5 Å². The molecule has 1 amide bonds. The summed E-state index contributed by atoms with van der Waals surface area (Å²) in [6.07, 6.45) is 6.60. The molecule has 4 rings (SSSR count). The van der Waals surface area contributed by atoms with Crippen molar-refractivity contribution in [2.45, 2.75) is 70.8 Å². The Balaban J connectivity index is 1.54. The fourth-order valence-electron chi connectivity index (χ4n) is 4.71. The number of nitrogens with zero attached hydrogens (tertiary/aromatic N) is 5. The second-order valence-electron chi connectivity index (χ2n) is 8.23. The van der Waals surface area contributed by atoms with Gasteiger partial charge in [-0.3, -0.25) is 9.36 Å². The van der Waals surface area contributed by atoms with E-state index in [0.717, 1.165) is 62.2 Å². The van der Waals surface area contributed by atoms with Crippen LogP contribution in [0.5, 0.6) is 0 Å². The lowest BCUT2D eigenvalue weighted by molar-refractivity contribution is -0.131. The smallest absolute Gasteiger partial charge is 0.345 e. The highest BCUT2D eigenvalue weighted by atomic mass is 16.5. The van der Waals surface area contributed by atoms with Gasteiger partial charge in [0, 0.05) is 37.7 Å². The van der Waals surface area contributed by atoms with E-state index in [4.69, 9.17) is 4.52 Å². The van der Waals surface area contributed by atoms with Gasteiger partial charge in [-0.1, -0.05) is 18.0 Å². The molecule has 152 valence electrons. The second-order valence-corrected chi connectivity index (χ2v) is 8.23. The summed E-state index contributed by atoms with van der Waals surface area (Å²) in [5, 5.41) is 8.53. The Labute approximate surface area is 164 Å². The van der Waals surface area contributed by atoms with E-state index in [1.165, 1.54) is 4.68 Å². The van der Waals surface area contributed by atoms with Crippen molar-refractivity contribution >= 4 is 5.91 Å². The van der Waals surface area contributed by atoms with Crippen LogP contribution in [-0.4, -0.2) is 43.4 Å². The van der Waals surface area contributed by atoms with Crippen molar-refractivity contribution in [2.24, 2.45) is 7.05 Å². The third-order valence-electron chi connectivity index (χ3n) is 6.32. The van der Waals surface area contributed by atoms with Crippen molar-refractivity contribution in [1.29, 1.82) is 0 Å². The van der Waals surface area contributed by atoms with E-state index < -0.39 is 0 Å². The van der Waals surface area contributed by atoms with E-state index in [-0.39, 0.29) is 23.6 Å². The Bertz CT molecular complexity index is 899. The van der Waals surface area contributed by atoms with Crippen molar-refractivity contribution in [3.05, 3.63) is 33.3 Å².